The average Bonchev–Trinajstić information content (AvgIpc) is 3.77. The van der Waals surface area contributed by atoms with Crippen molar-refractivity contribution in [1.29, 1.82) is 0 Å². The van der Waals surface area contributed by atoms with Crippen molar-refractivity contribution in [2.75, 3.05) is 32.2 Å². The van der Waals surface area contributed by atoms with Crippen LogP contribution < -0.4 is 20.1 Å². The SMILES string of the molecule is COc1ncnc(C2CC2)c1-c1ncnc(N(CCN)Cc2ccc3c(c2OC)CCC(C)n2cc(C(F)(F)F)nc2-3)n1. The smallest absolute Gasteiger partial charge is 0.434 e. The fraction of sp³-hybridized carbons (Fsp3) is 0.448. The zero-order chi connectivity index (χ0) is 30.3. The molecule has 0 saturated heterocycles. The van der Waals surface area contributed by atoms with Crippen LogP contribution in [0.2, 0.25) is 0 Å². The fourth-order valence-corrected chi connectivity index (χ4v) is 5.66. The molecule has 1 aromatic carbocycles. The summed E-state index contributed by atoms with van der Waals surface area (Å²) in [6.45, 7) is 2.99. The first-order chi connectivity index (χ1) is 20.7. The van der Waals surface area contributed by atoms with Gasteiger partial charge in [0.05, 0.1) is 19.9 Å². The van der Waals surface area contributed by atoms with E-state index >= 15 is 0 Å². The van der Waals surface area contributed by atoms with Crippen LogP contribution in [0.5, 0.6) is 11.6 Å². The van der Waals surface area contributed by atoms with Gasteiger partial charge in [0, 0.05) is 54.5 Å². The predicted octanol–water partition coefficient (Wildman–Crippen LogP) is 4.58. The van der Waals surface area contributed by atoms with Crippen LogP contribution in [0.25, 0.3) is 22.8 Å². The molecule has 1 saturated carbocycles. The topological polar surface area (TPSA) is 130 Å². The second kappa shape index (κ2) is 11.4. The maximum absolute atomic E-state index is 13.6. The van der Waals surface area contributed by atoms with Crippen LogP contribution in [0.1, 0.15) is 60.7 Å². The highest BCUT2D eigenvalue weighted by Gasteiger charge is 2.37. The minimum absolute atomic E-state index is 0.170. The largest absolute Gasteiger partial charge is 0.496 e. The molecule has 6 rings (SSSR count). The maximum Gasteiger partial charge on any atom is 0.434 e. The number of hydrogen-bond donors (Lipinski definition) is 1. The highest BCUT2D eigenvalue weighted by Crippen LogP contribution is 2.45. The summed E-state index contributed by atoms with van der Waals surface area (Å²) < 4.78 is 53.7. The third-order valence-electron chi connectivity index (χ3n) is 7.92. The molecule has 2 aliphatic rings. The number of anilines is 1. The first-order valence-electron chi connectivity index (χ1n) is 14.1. The quantitative estimate of drug-likeness (QED) is 0.294. The number of alkyl halides is 3. The van der Waals surface area contributed by atoms with E-state index < -0.39 is 11.9 Å². The lowest BCUT2D eigenvalue weighted by Gasteiger charge is -2.24. The molecule has 0 amide bonds. The van der Waals surface area contributed by atoms with Gasteiger partial charge in [-0.25, -0.2) is 24.9 Å². The second-order valence-electron chi connectivity index (χ2n) is 10.8. The molecular formula is C29H32F3N9O2. The van der Waals surface area contributed by atoms with Gasteiger partial charge in [0.1, 0.15) is 29.8 Å². The van der Waals surface area contributed by atoms with Crippen LogP contribution >= 0.6 is 0 Å². The summed E-state index contributed by atoms with van der Waals surface area (Å²) in [5.41, 5.74) is 8.85. The molecule has 0 bridgehead atoms. The Hall–Kier alpha value is -4.33. The average molecular weight is 596 g/mol. The first-order valence-corrected chi connectivity index (χ1v) is 14.1. The second-order valence-corrected chi connectivity index (χ2v) is 10.8. The fourth-order valence-electron chi connectivity index (χ4n) is 5.66. The Morgan fingerprint density at radius 3 is 2.51 bits per heavy atom. The van der Waals surface area contributed by atoms with Gasteiger partial charge in [-0.3, -0.25) is 0 Å². The van der Waals surface area contributed by atoms with Crippen molar-refractivity contribution in [3.8, 4) is 34.4 Å². The van der Waals surface area contributed by atoms with E-state index in [9.17, 15) is 13.2 Å². The molecule has 43 heavy (non-hydrogen) atoms. The van der Waals surface area contributed by atoms with Gasteiger partial charge in [-0.05, 0) is 32.6 Å². The molecule has 1 atom stereocenters. The predicted molar refractivity (Wildman–Crippen MR) is 152 cm³/mol. The van der Waals surface area contributed by atoms with Crippen molar-refractivity contribution in [3.05, 3.63) is 53.5 Å². The number of imidazole rings is 1. The molecular weight excluding hydrogens is 563 g/mol. The Bertz CT molecular complexity index is 1640. The number of benzene rings is 1. The third-order valence-corrected chi connectivity index (χ3v) is 7.92. The molecule has 1 fully saturated rings. The number of halogens is 3. The molecule has 11 nitrogen and oxygen atoms in total. The molecule has 0 radical (unpaired) electrons. The van der Waals surface area contributed by atoms with E-state index in [1.165, 1.54) is 12.7 Å². The van der Waals surface area contributed by atoms with E-state index in [0.717, 1.165) is 35.9 Å². The molecule has 1 aliphatic heterocycles. The number of nitrogens with two attached hydrogens (primary N) is 1. The summed E-state index contributed by atoms with van der Waals surface area (Å²) in [7, 11) is 3.11. The minimum atomic E-state index is -4.54. The van der Waals surface area contributed by atoms with Crippen molar-refractivity contribution < 1.29 is 22.6 Å². The van der Waals surface area contributed by atoms with Crippen LogP contribution in [-0.2, 0) is 19.1 Å². The Balaban J connectivity index is 1.38. The number of ether oxygens (including phenoxy) is 2. The van der Waals surface area contributed by atoms with E-state index in [0.29, 0.717) is 72.9 Å². The van der Waals surface area contributed by atoms with Gasteiger partial charge in [0.25, 0.3) is 0 Å². The Morgan fingerprint density at radius 2 is 1.81 bits per heavy atom. The zero-order valence-electron chi connectivity index (χ0n) is 24.1. The Labute approximate surface area is 246 Å². The summed E-state index contributed by atoms with van der Waals surface area (Å²) in [5.74, 6) is 2.39. The molecule has 0 spiro atoms. The van der Waals surface area contributed by atoms with Crippen LogP contribution in [0.15, 0.2) is 31.0 Å². The molecule has 2 N–H and O–H groups in total. The Morgan fingerprint density at radius 1 is 1.02 bits per heavy atom. The molecule has 4 heterocycles. The lowest BCUT2D eigenvalue weighted by molar-refractivity contribution is -0.140. The number of fused-ring (bicyclic) bond motifs is 3. The number of hydrogen-bond acceptors (Lipinski definition) is 10. The highest BCUT2D eigenvalue weighted by atomic mass is 19.4. The summed E-state index contributed by atoms with van der Waals surface area (Å²) in [4.78, 5) is 28.4. The van der Waals surface area contributed by atoms with Crippen molar-refractivity contribution in [2.24, 2.45) is 5.73 Å². The Kier molecular flexibility index (Phi) is 7.63. The van der Waals surface area contributed by atoms with E-state index in [2.05, 4.69) is 24.9 Å². The van der Waals surface area contributed by atoms with E-state index in [1.807, 2.05) is 24.0 Å². The normalized spacial score (nSPS) is 16.3. The number of methoxy groups -OCH3 is 2. The number of nitrogens with zero attached hydrogens (tertiary/aromatic N) is 8. The van der Waals surface area contributed by atoms with Crippen LogP contribution in [0.3, 0.4) is 0 Å². The van der Waals surface area contributed by atoms with Gasteiger partial charge >= 0.3 is 6.18 Å². The first kappa shape index (κ1) is 28.8. The lowest BCUT2D eigenvalue weighted by Crippen LogP contribution is -2.31. The monoisotopic (exact) mass is 595 g/mol. The van der Waals surface area contributed by atoms with Gasteiger partial charge in [-0.15, -0.1) is 0 Å². The lowest BCUT2D eigenvalue weighted by atomic mass is 9.97. The summed E-state index contributed by atoms with van der Waals surface area (Å²) in [6, 6.07) is 3.50. The van der Waals surface area contributed by atoms with E-state index in [1.54, 1.807) is 18.8 Å². The summed E-state index contributed by atoms with van der Waals surface area (Å²) in [5, 5.41) is 0. The zero-order valence-corrected chi connectivity index (χ0v) is 24.1. The molecule has 3 aromatic heterocycles. The van der Waals surface area contributed by atoms with Crippen LogP contribution in [0.4, 0.5) is 19.1 Å². The standard InChI is InChI=1S/C29H32F3N9O2/c1-16-4-8-19-20(26-38-21(13-41(16)26)29(30,31)32)9-7-18(24(19)42-2)12-40(11-10-33)28-37-15-35-25(39-28)22-23(17-5-6-17)34-14-36-27(22)43-3/h7,9,13-17H,4-6,8,10-12,33H2,1-3H3. The van der Waals surface area contributed by atoms with Gasteiger partial charge in [0.15, 0.2) is 11.5 Å². The van der Waals surface area contributed by atoms with Crippen LogP contribution in [-0.4, -0.2) is 61.8 Å². The summed E-state index contributed by atoms with van der Waals surface area (Å²) in [6.07, 6.45) is 2.78. The molecule has 1 unspecified atom stereocenters. The van der Waals surface area contributed by atoms with Crippen LogP contribution in [0, 0.1) is 0 Å². The molecule has 4 aromatic rings. The van der Waals surface area contributed by atoms with Gasteiger partial charge in [-0.2, -0.15) is 18.2 Å². The number of rotatable bonds is 9. The third kappa shape index (κ3) is 5.46. The van der Waals surface area contributed by atoms with Crippen molar-refractivity contribution in [3.63, 3.8) is 0 Å². The van der Waals surface area contributed by atoms with Gasteiger partial charge in [0.2, 0.25) is 11.8 Å². The minimum Gasteiger partial charge on any atom is -0.496 e. The maximum atomic E-state index is 13.6. The highest BCUT2D eigenvalue weighted by molar-refractivity contribution is 5.69. The molecule has 14 heteroatoms. The van der Waals surface area contributed by atoms with Crippen molar-refractivity contribution in [2.45, 2.75) is 57.3 Å². The van der Waals surface area contributed by atoms with Crippen molar-refractivity contribution in [1.82, 2.24) is 34.5 Å². The van der Waals surface area contributed by atoms with Gasteiger partial charge < -0.3 is 24.7 Å². The van der Waals surface area contributed by atoms with E-state index in [-0.39, 0.29) is 11.9 Å². The van der Waals surface area contributed by atoms with Crippen molar-refractivity contribution >= 4 is 5.95 Å². The molecule has 226 valence electrons. The molecule has 1 aliphatic carbocycles. The van der Waals surface area contributed by atoms with Gasteiger partial charge in [-0.1, -0.05) is 12.1 Å². The number of aromatic nitrogens is 7. The van der Waals surface area contributed by atoms with E-state index in [4.69, 9.17) is 20.2 Å². The summed E-state index contributed by atoms with van der Waals surface area (Å²) >= 11 is 0.